The quantitative estimate of drug-likeness (QED) is 0.107. The first-order chi connectivity index (χ1) is 39.3. The van der Waals surface area contributed by atoms with Crippen molar-refractivity contribution in [2.45, 2.75) is 6.92 Å². The Bertz CT molecular complexity index is 4020. The number of ketones is 1. The summed E-state index contributed by atoms with van der Waals surface area (Å²) in [4.78, 5) is 30.7. The van der Waals surface area contributed by atoms with Gasteiger partial charge in [-0.05, 0) is 102 Å². The molecular formula is C73H53Br2N3O2. The van der Waals surface area contributed by atoms with Crippen molar-refractivity contribution in [3.63, 3.8) is 0 Å². The number of aldehydes is 1. The van der Waals surface area contributed by atoms with Gasteiger partial charge in [0.2, 0.25) is 0 Å². The average Bonchev–Trinajstić information content (AvgIpc) is 3.90. The van der Waals surface area contributed by atoms with Crippen molar-refractivity contribution in [2.24, 2.45) is 0 Å². The van der Waals surface area contributed by atoms with E-state index in [2.05, 4.69) is 224 Å². The molecule has 0 saturated carbocycles. The fourth-order valence-corrected chi connectivity index (χ4v) is 10.2. The van der Waals surface area contributed by atoms with Crippen LogP contribution in [0.2, 0.25) is 0 Å². The van der Waals surface area contributed by atoms with E-state index in [1.807, 2.05) is 97.1 Å². The number of hydrogen-bond donors (Lipinski definition) is 0. The van der Waals surface area contributed by atoms with Crippen molar-refractivity contribution in [1.29, 1.82) is 0 Å². The van der Waals surface area contributed by atoms with Crippen LogP contribution in [-0.2, 0) is 0 Å². The Morgan fingerprint density at radius 2 is 0.700 bits per heavy atom. The number of Topliss-reactive ketones (excluding diaryl/α,β-unsaturated/α-hetero) is 1. The molecule has 0 aliphatic carbocycles. The number of fused-ring (bicyclic) bond motifs is 3. The monoisotopic (exact) mass is 1160 g/mol. The number of carbonyl (C=O) groups is 2. The van der Waals surface area contributed by atoms with Crippen LogP contribution in [0.3, 0.4) is 0 Å². The highest BCUT2D eigenvalue weighted by Crippen LogP contribution is 2.36. The highest BCUT2D eigenvalue weighted by molar-refractivity contribution is 9.10. The van der Waals surface area contributed by atoms with E-state index in [1.54, 1.807) is 19.1 Å². The summed E-state index contributed by atoms with van der Waals surface area (Å²) in [6.07, 6.45) is 0.824. The Morgan fingerprint density at radius 1 is 0.350 bits per heavy atom. The smallest absolute Gasteiger partial charge is 0.159 e. The standard InChI is InChI=1S/C35H24N2.C23H16BrN.C8H8O.C7H5BrO/c1-3-12-25(13-4-1)32-23-28(24-33(36-32)26-14-5-2-6-15-26)27-16-11-17-29(22-27)37-34-20-9-7-18-30(34)31-19-8-10-21-35(31)37;24-21-13-7-12-19(14-21)20-15-22(17-8-3-1-4-9-17)25-23(16-20)18-10-5-2-6-11-18;1-7(9)8-5-3-2-4-6-8;8-7-3-1-2-6(4-7)5-9/h1-24H;1-16H;2-6H,1H3;1-5H. The van der Waals surface area contributed by atoms with Crippen LogP contribution in [-0.4, -0.2) is 26.6 Å². The molecule has 0 saturated heterocycles. The van der Waals surface area contributed by atoms with Gasteiger partial charge in [-0.25, -0.2) is 9.97 Å². The molecule has 0 unspecified atom stereocenters. The second kappa shape index (κ2) is 26.3. The normalized spacial score (nSPS) is 10.5. The molecule has 386 valence electrons. The van der Waals surface area contributed by atoms with Crippen molar-refractivity contribution in [2.75, 3.05) is 0 Å². The van der Waals surface area contributed by atoms with Crippen molar-refractivity contribution in [1.82, 2.24) is 14.5 Å². The predicted molar refractivity (Wildman–Crippen MR) is 339 cm³/mol. The third kappa shape index (κ3) is 13.5. The number of para-hydroxylation sites is 2. The van der Waals surface area contributed by atoms with Gasteiger partial charge in [0.25, 0.3) is 0 Å². The maximum absolute atomic E-state index is 10.6. The van der Waals surface area contributed by atoms with Gasteiger partial charge in [0.05, 0.1) is 33.8 Å². The number of pyridine rings is 2. The SMILES string of the molecule is Brc1cccc(-c2cc(-c3ccccc3)nc(-c3ccccc3)c2)c1.CC(=O)c1ccccc1.O=Cc1cccc(Br)c1.c1ccc(-c2cc(-c3cccc(-n4c5ccccc5c5ccccc54)c3)cc(-c3ccccc3)n2)cc1. The average molecular weight is 1160 g/mol. The number of hydrogen-bond acceptors (Lipinski definition) is 4. The summed E-state index contributed by atoms with van der Waals surface area (Å²) in [5, 5.41) is 2.54. The minimum Gasteiger partial charge on any atom is -0.309 e. The molecule has 0 spiro atoms. The van der Waals surface area contributed by atoms with Gasteiger partial charge in [-0.2, -0.15) is 0 Å². The first kappa shape index (κ1) is 54.0. The van der Waals surface area contributed by atoms with Crippen molar-refractivity contribution < 1.29 is 9.59 Å². The van der Waals surface area contributed by atoms with Gasteiger partial charge in [-0.3, -0.25) is 9.59 Å². The van der Waals surface area contributed by atoms with Gasteiger partial charge in [-0.1, -0.05) is 256 Å². The van der Waals surface area contributed by atoms with E-state index >= 15 is 0 Å². The van der Waals surface area contributed by atoms with E-state index in [9.17, 15) is 9.59 Å². The van der Waals surface area contributed by atoms with Gasteiger partial charge in [0.15, 0.2) is 5.78 Å². The van der Waals surface area contributed by atoms with Crippen LogP contribution in [0.25, 0.3) is 94.8 Å². The predicted octanol–water partition coefficient (Wildman–Crippen LogP) is 20.2. The molecule has 10 aromatic carbocycles. The molecule has 80 heavy (non-hydrogen) atoms. The number of aromatic nitrogens is 3. The van der Waals surface area contributed by atoms with Crippen LogP contribution < -0.4 is 0 Å². The number of nitrogens with zero attached hydrogens (tertiary/aromatic N) is 3. The van der Waals surface area contributed by atoms with E-state index in [4.69, 9.17) is 9.97 Å². The van der Waals surface area contributed by atoms with Gasteiger partial charge >= 0.3 is 0 Å². The summed E-state index contributed by atoms with van der Waals surface area (Å²) in [5.74, 6) is 0.121. The van der Waals surface area contributed by atoms with Crippen LogP contribution in [0.15, 0.2) is 306 Å². The summed E-state index contributed by atoms with van der Waals surface area (Å²) in [6, 6.07) is 101. The van der Waals surface area contributed by atoms with Crippen LogP contribution in [0.5, 0.6) is 0 Å². The summed E-state index contributed by atoms with van der Waals surface area (Å²) in [5.41, 5.74) is 18.1. The fourth-order valence-electron chi connectivity index (χ4n) is 9.37. The summed E-state index contributed by atoms with van der Waals surface area (Å²) >= 11 is 6.81. The van der Waals surface area contributed by atoms with E-state index in [0.717, 1.165) is 88.2 Å². The molecule has 3 heterocycles. The zero-order chi connectivity index (χ0) is 55.0. The Hall–Kier alpha value is -9.40. The molecular weight excluding hydrogens is 1110 g/mol. The van der Waals surface area contributed by atoms with Crippen LogP contribution in [0, 0.1) is 0 Å². The fraction of sp³-hybridized carbons (Fsp3) is 0.0137. The van der Waals surface area contributed by atoms with E-state index < -0.39 is 0 Å². The number of halogens is 2. The van der Waals surface area contributed by atoms with Crippen LogP contribution >= 0.6 is 31.9 Å². The lowest BCUT2D eigenvalue weighted by molar-refractivity contribution is 0.101. The molecule has 7 heteroatoms. The van der Waals surface area contributed by atoms with E-state index in [-0.39, 0.29) is 5.78 Å². The summed E-state index contributed by atoms with van der Waals surface area (Å²) in [7, 11) is 0. The Balaban J connectivity index is 0.000000143. The lowest BCUT2D eigenvalue weighted by Gasteiger charge is -2.13. The Kier molecular flexibility index (Phi) is 17.7. The van der Waals surface area contributed by atoms with Crippen molar-refractivity contribution in [3.8, 4) is 73.0 Å². The molecule has 0 aliphatic heterocycles. The molecule has 3 aromatic heterocycles. The van der Waals surface area contributed by atoms with Gasteiger partial charge in [0.1, 0.15) is 6.29 Å². The zero-order valence-corrected chi connectivity index (χ0v) is 47.0. The first-order valence-electron chi connectivity index (χ1n) is 26.2. The van der Waals surface area contributed by atoms with Crippen LogP contribution in [0.4, 0.5) is 0 Å². The molecule has 0 N–H and O–H groups in total. The summed E-state index contributed by atoms with van der Waals surface area (Å²) < 4.78 is 4.38. The highest BCUT2D eigenvalue weighted by Gasteiger charge is 2.14. The molecule has 0 fully saturated rings. The van der Waals surface area contributed by atoms with Crippen molar-refractivity contribution in [3.05, 3.63) is 317 Å². The largest absolute Gasteiger partial charge is 0.309 e. The van der Waals surface area contributed by atoms with Gasteiger partial charge < -0.3 is 4.57 Å². The second-order valence-corrected chi connectivity index (χ2v) is 20.6. The molecule has 13 rings (SSSR count). The van der Waals surface area contributed by atoms with Crippen LogP contribution in [0.1, 0.15) is 27.6 Å². The summed E-state index contributed by atoms with van der Waals surface area (Å²) in [6.45, 7) is 1.56. The number of carbonyl (C=O) groups excluding carboxylic acids is 2. The molecule has 5 nitrogen and oxygen atoms in total. The Labute approximate surface area is 483 Å². The number of rotatable bonds is 9. The topological polar surface area (TPSA) is 64.8 Å². The molecule has 13 aromatic rings. The zero-order valence-electron chi connectivity index (χ0n) is 43.8. The lowest BCUT2D eigenvalue weighted by Crippen LogP contribution is -1.95. The molecule has 0 radical (unpaired) electrons. The maximum Gasteiger partial charge on any atom is 0.159 e. The molecule has 0 amide bonds. The molecule has 0 atom stereocenters. The van der Waals surface area contributed by atoms with Gasteiger partial charge in [0, 0.05) is 58.8 Å². The molecule has 0 aliphatic rings. The minimum atomic E-state index is 0.121. The highest BCUT2D eigenvalue weighted by atomic mass is 79.9. The second-order valence-electron chi connectivity index (χ2n) is 18.7. The maximum atomic E-state index is 10.6. The van der Waals surface area contributed by atoms with Gasteiger partial charge in [-0.15, -0.1) is 0 Å². The van der Waals surface area contributed by atoms with Crippen molar-refractivity contribution >= 4 is 65.7 Å². The minimum absolute atomic E-state index is 0.121. The molecule has 0 bridgehead atoms. The van der Waals surface area contributed by atoms with E-state index in [0.29, 0.717) is 5.56 Å². The third-order valence-electron chi connectivity index (χ3n) is 13.3. The third-order valence-corrected chi connectivity index (χ3v) is 14.3. The lowest BCUT2D eigenvalue weighted by atomic mass is 9.99. The number of benzene rings is 10. The first-order valence-corrected chi connectivity index (χ1v) is 27.7. The Morgan fingerprint density at radius 3 is 1.07 bits per heavy atom. The van der Waals surface area contributed by atoms with E-state index in [1.165, 1.54) is 27.4 Å².